The molecule has 2 aromatic rings. The van der Waals surface area contributed by atoms with E-state index in [0.29, 0.717) is 6.04 Å². The van der Waals surface area contributed by atoms with Crippen molar-refractivity contribution in [2.24, 2.45) is 0 Å². The molecule has 1 unspecified atom stereocenters. The number of hydrogen-bond acceptors (Lipinski definition) is 2. The van der Waals surface area contributed by atoms with Crippen LogP contribution in [0.25, 0.3) is 0 Å². The maximum absolute atomic E-state index is 5.24. The maximum atomic E-state index is 5.24. The van der Waals surface area contributed by atoms with Crippen molar-refractivity contribution in [3.63, 3.8) is 0 Å². The van der Waals surface area contributed by atoms with Gasteiger partial charge in [-0.25, -0.2) is 0 Å². The van der Waals surface area contributed by atoms with Crippen molar-refractivity contribution in [2.75, 3.05) is 6.54 Å². The molecule has 18 heavy (non-hydrogen) atoms. The molecule has 2 heterocycles. The van der Waals surface area contributed by atoms with E-state index in [9.17, 15) is 0 Å². The molecule has 1 aliphatic rings. The van der Waals surface area contributed by atoms with Gasteiger partial charge in [0.05, 0.1) is 12.5 Å². The Kier molecular flexibility index (Phi) is 3.47. The van der Waals surface area contributed by atoms with Crippen LogP contribution in [0.4, 0.5) is 0 Å². The summed E-state index contributed by atoms with van der Waals surface area (Å²) in [5.74, 6) is 0. The highest BCUT2D eigenvalue weighted by atomic mass is 16.3. The molecule has 0 spiro atoms. The lowest BCUT2D eigenvalue weighted by molar-refractivity contribution is 0.140. The largest absolute Gasteiger partial charge is 0.472 e. The average molecular weight is 241 g/mol. The second-order valence-electron chi connectivity index (χ2n) is 5.02. The van der Waals surface area contributed by atoms with Gasteiger partial charge in [0.2, 0.25) is 0 Å². The van der Waals surface area contributed by atoms with Gasteiger partial charge in [0, 0.05) is 18.2 Å². The highest BCUT2D eigenvalue weighted by Gasteiger charge is 2.24. The Morgan fingerprint density at radius 3 is 2.78 bits per heavy atom. The van der Waals surface area contributed by atoms with E-state index in [-0.39, 0.29) is 0 Å². The van der Waals surface area contributed by atoms with E-state index in [1.165, 1.54) is 36.9 Å². The topological polar surface area (TPSA) is 16.4 Å². The van der Waals surface area contributed by atoms with Gasteiger partial charge in [0.1, 0.15) is 0 Å². The summed E-state index contributed by atoms with van der Waals surface area (Å²) in [5.41, 5.74) is 2.72. The Morgan fingerprint density at radius 2 is 2.00 bits per heavy atom. The van der Waals surface area contributed by atoms with Gasteiger partial charge in [-0.3, -0.25) is 4.90 Å². The van der Waals surface area contributed by atoms with Gasteiger partial charge in [0.25, 0.3) is 0 Å². The fraction of sp³-hybridized carbons (Fsp3) is 0.375. The quantitative estimate of drug-likeness (QED) is 0.807. The summed E-state index contributed by atoms with van der Waals surface area (Å²) < 4.78 is 5.24. The van der Waals surface area contributed by atoms with Crippen LogP contribution in [0.2, 0.25) is 0 Å². The third-order valence-electron chi connectivity index (χ3n) is 3.77. The van der Waals surface area contributed by atoms with Crippen LogP contribution >= 0.6 is 0 Å². The minimum Gasteiger partial charge on any atom is -0.472 e. The predicted molar refractivity (Wildman–Crippen MR) is 72.2 cm³/mol. The summed E-state index contributed by atoms with van der Waals surface area (Å²) in [6.07, 6.45) is 7.55. The first kappa shape index (κ1) is 11.5. The molecule has 1 aromatic heterocycles. The van der Waals surface area contributed by atoms with Crippen LogP contribution in [0.3, 0.4) is 0 Å². The molecule has 1 fully saturated rings. The first-order chi connectivity index (χ1) is 8.93. The summed E-state index contributed by atoms with van der Waals surface area (Å²) in [4.78, 5) is 2.57. The maximum Gasteiger partial charge on any atom is 0.0950 e. The fourth-order valence-electron chi connectivity index (χ4n) is 2.84. The molecule has 1 saturated heterocycles. The number of nitrogens with zero attached hydrogens (tertiary/aromatic N) is 1. The van der Waals surface area contributed by atoms with Crippen LogP contribution < -0.4 is 0 Å². The Morgan fingerprint density at radius 1 is 1.11 bits per heavy atom. The minimum absolute atomic E-state index is 0.526. The van der Waals surface area contributed by atoms with Crippen LogP contribution in [0.5, 0.6) is 0 Å². The monoisotopic (exact) mass is 241 g/mol. The van der Waals surface area contributed by atoms with Gasteiger partial charge < -0.3 is 4.42 Å². The van der Waals surface area contributed by atoms with Crippen LogP contribution in [0.1, 0.15) is 36.4 Å². The molecule has 0 aliphatic carbocycles. The number of likely N-dealkylation sites (tertiary alicyclic amines) is 1. The Labute approximate surface area is 108 Å². The number of furan rings is 1. The van der Waals surface area contributed by atoms with E-state index in [1.54, 1.807) is 6.26 Å². The minimum atomic E-state index is 0.526. The van der Waals surface area contributed by atoms with Crippen molar-refractivity contribution >= 4 is 0 Å². The molecule has 0 amide bonds. The van der Waals surface area contributed by atoms with Crippen molar-refractivity contribution in [3.05, 3.63) is 60.1 Å². The van der Waals surface area contributed by atoms with E-state index in [0.717, 1.165) is 6.54 Å². The molecule has 2 nitrogen and oxygen atoms in total. The zero-order valence-corrected chi connectivity index (χ0v) is 10.6. The highest BCUT2D eigenvalue weighted by Crippen LogP contribution is 2.32. The molecule has 1 aliphatic heterocycles. The first-order valence-electron chi connectivity index (χ1n) is 6.73. The van der Waals surface area contributed by atoms with Gasteiger partial charge in [-0.15, -0.1) is 0 Å². The van der Waals surface area contributed by atoms with Crippen LogP contribution in [-0.4, -0.2) is 11.4 Å². The molecule has 1 aromatic carbocycles. The fourth-order valence-corrected chi connectivity index (χ4v) is 2.84. The summed E-state index contributed by atoms with van der Waals surface area (Å²) in [7, 11) is 0. The molecule has 94 valence electrons. The van der Waals surface area contributed by atoms with Crippen LogP contribution in [0, 0.1) is 0 Å². The van der Waals surface area contributed by atoms with Gasteiger partial charge in [-0.2, -0.15) is 0 Å². The normalized spacial score (nSPS) is 21.0. The van der Waals surface area contributed by atoms with Crippen LogP contribution in [0.15, 0.2) is 53.3 Å². The second-order valence-corrected chi connectivity index (χ2v) is 5.02. The second kappa shape index (κ2) is 5.40. The van der Waals surface area contributed by atoms with E-state index in [2.05, 4.69) is 41.3 Å². The third-order valence-corrected chi connectivity index (χ3v) is 3.77. The molecule has 3 rings (SSSR count). The van der Waals surface area contributed by atoms with Gasteiger partial charge in [-0.05, 0) is 31.0 Å². The number of hydrogen-bond donors (Lipinski definition) is 0. The van der Waals surface area contributed by atoms with Crippen molar-refractivity contribution < 1.29 is 4.42 Å². The molecule has 0 radical (unpaired) electrons. The van der Waals surface area contributed by atoms with Crippen molar-refractivity contribution in [1.82, 2.24) is 4.90 Å². The van der Waals surface area contributed by atoms with Crippen LogP contribution in [-0.2, 0) is 6.54 Å². The average Bonchev–Trinajstić information content (AvgIpc) is 2.94. The highest BCUT2D eigenvalue weighted by molar-refractivity contribution is 5.17. The summed E-state index contributed by atoms with van der Waals surface area (Å²) in [6, 6.07) is 13.4. The lowest BCUT2D eigenvalue weighted by Gasteiger charge is -2.35. The molecule has 0 N–H and O–H groups in total. The van der Waals surface area contributed by atoms with Gasteiger partial charge in [0.15, 0.2) is 0 Å². The van der Waals surface area contributed by atoms with E-state index >= 15 is 0 Å². The van der Waals surface area contributed by atoms with Gasteiger partial charge in [-0.1, -0.05) is 36.8 Å². The molecular formula is C16H19NO. The van der Waals surface area contributed by atoms with Crippen molar-refractivity contribution in [3.8, 4) is 0 Å². The SMILES string of the molecule is c1ccc(CN2CCCCC2c2ccoc2)cc1. The molecule has 2 heteroatoms. The number of rotatable bonds is 3. The zero-order valence-electron chi connectivity index (χ0n) is 10.6. The number of benzene rings is 1. The Bertz CT molecular complexity index is 463. The molecule has 0 bridgehead atoms. The van der Waals surface area contributed by atoms with Gasteiger partial charge >= 0.3 is 0 Å². The summed E-state index contributed by atoms with van der Waals surface area (Å²) in [6.45, 7) is 2.22. The summed E-state index contributed by atoms with van der Waals surface area (Å²) in [5, 5.41) is 0. The standard InChI is InChI=1S/C16H19NO/c1-2-6-14(7-3-1)12-17-10-5-4-8-16(17)15-9-11-18-13-15/h1-3,6-7,9,11,13,16H,4-5,8,10,12H2. The van der Waals surface area contributed by atoms with E-state index in [4.69, 9.17) is 4.42 Å². The third kappa shape index (κ3) is 2.49. The molecule has 1 atom stereocenters. The Hall–Kier alpha value is -1.54. The molecule has 0 saturated carbocycles. The van der Waals surface area contributed by atoms with Crippen molar-refractivity contribution in [2.45, 2.75) is 31.8 Å². The summed E-state index contributed by atoms with van der Waals surface area (Å²) >= 11 is 0. The molecular weight excluding hydrogens is 222 g/mol. The van der Waals surface area contributed by atoms with Crippen molar-refractivity contribution in [1.29, 1.82) is 0 Å². The number of piperidine rings is 1. The smallest absolute Gasteiger partial charge is 0.0950 e. The lowest BCUT2D eigenvalue weighted by atomic mass is 9.96. The van der Waals surface area contributed by atoms with E-state index < -0.39 is 0 Å². The first-order valence-corrected chi connectivity index (χ1v) is 6.73. The predicted octanol–water partition coefficient (Wildman–Crippen LogP) is 4.01. The zero-order chi connectivity index (χ0) is 12.2. The lowest BCUT2D eigenvalue weighted by Crippen LogP contribution is -2.32. The van der Waals surface area contributed by atoms with E-state index in [1.807, 2.05) is 6.26 Å². The Balaban J connectivity index is 1.76.